The van der Waals surface area contributed by atoms with Gasteiger partial charge >= 0.3 is 0 Å². The van der Waals surface area contributed by atoms with Gasteiger partial charge in [0.1, 0.15) is 11.8 Å². The van der Waals surface area contributed by atoms with Crippen LogP contribution in [0.15, 0.2) is 27.2 Å². The number of halogens is 2. The third-order valence-electron chi connectivity index (χ3n) is 2.38. The van der Waals surface area contributed by atoms with Crippen LogP contribution >= 0.6 is 27.5 Å². The molecule has 0 aliphatic heterocycles. The Morgan fingerprint density at radius 3 is 2.75 bits per heavy atom. The van der Waals surface area contributed by atoms with Gasteiger partial charge in [0.2, 0.25) is 0 Å². The molecule has 0 aromatic carbocycles. The molecule has 0 radical (unpaired) electrons. The Morgan fingerprint density at radius 2 is 2.31 bits per heavy atom. The topological polar surface area (TPSA) is 43.0 Å². The first-order valence-corrected chi connectivity index (χ1v) is 5.90. The molecule has 1 atom stereocenters. The molecule has 0 bridgehead atoms. The van der Waals surface area contributed by atoms with Crippen molar-refractivity contribution in [2.45, 2.75) is 6.04 Å². The summed E-state index contributed by atoms with van der Waals surface area (Å²) in [6.07, 6.45) is 1.75. The Kier molecular flexibility index (Phi) is 3.37. The monoisotopic (exact) mass is 303 g/mol. The highest BCUT2D eigenvalue weighted by Gasteiger charge is 2.21. The number of rotatable bonds is 3. The number of aryl methyl sites for hydroxylation is 1. The number of nitrogens with one attached hydrogen (secondary N) is 1. The van der Waals surface area contributed by atoms with E-state index in [2.05, 4.69) is 26.3 Å². The van der Waals surface area contributed by atoms with E-state index in [-0.39, 0.29) is 6.04 Å². The molecule has 0 amide bonds. The van der Waals surface area contributed by atoms with Crippen molar-refractivity contribution in [1.82, 2.24) is 15.1 Å². The largest absolute Gasteiger partial charge is 0.448 e. The van der Waals surface area contributed by atoms with Gasteiger partial charge in [0.05, 0.1) is 16.4 Å². The lowest BCUT2D eigenvalue weighted by Crippen LogP contribution is -2.20. The summed E-state index contributed by atoms with van der Waals surface area (Å²) in [5.74, 6) is 0.761. The fourth-order valence-corrected chi connectivity index (χ4v) is 2.37. The quantitative estimate of drug-likeness (QED) is 0.948. The third kappa shape index (κ3) is 2.03. The number of hydrogen-bond donors (Lipinski definition) is 1. The minimum absolute atomic E-state index is 0.0747. The molecule has 4 nitrogen and oxygen atoms in total. The lowest BCUT2D eigenvalue weighted by molar-refractivity contribution is 0.450. The molecule has 0 aliphatic carbocycles. The highest BCUT2D eigenvalue weighted by atomic mass is 79.9. The van der Waals surface area contributed by atoms with E-state index >= 15 is 0 Å². The van der Waals surface area contributed by atoms with Crippen molar-refractivity contribution in [2.24, 2.45) is 7.05 Å². The third-order valence-corrected chi connectivity index (χ3v) is 3.19. The number of aromatic nitrogens is 2. The van der Waals surface area contributed by atoms with Crippen LogP contribution in [-0.2, 0) is 7.05 Å². The minimum atomic E-state index is -0.0747. The van der Waals surface area contributed by atoms with E-state index in [0.29, 0.717) is 5.22 Å². The first-order chi connectivity index (χ1) is 7.63. The van der Waals surface area contributed by atoms with Gasteiger partial charge in [-0.15, -0.1) is 0 Å². The molecule has 0 saturated carbocycles. The van der Waals surface area contributed by atoms with Crippen molar-refractivity contribution >= 4 is 27.5 Å². The Morgan fingerprint density at radius 1 is 1.56 bits per heavy atom. The summed E-state index contributed by atoms with van der Waals surface area (Å²) in [5, 5.41) is 7.73. The zero-order valence-electron chi connectivity index (χ0n) is 8.87. The highest BCUT2D eigenvalue weighted by Crippen LogP contribution is 2.29. The predicted octanol–water partition coefficient (Wildman–Crippen LogP) is 2.74. The maximum Gasteiger partial charge on any atom is 0.193 e. The van der Waals surface area contributed by atoms with Gasteiger partial charge in [0, 0.05) is 7.05 Å². The average molecular weight is 305 g/mol. The van der Waals surface area contributed by atoms with Gasteiger partial charge in [-0.1, -0.05) is 0 Å². The van der Waals surface area contributed by atoms with Crippen molar-refractivity contribution in [1.29, 1.82) is 0 Å². The Labute approximate surface area is 107 Å². The second-order valence-corrected chi connectivity index (χ2v) is 4.59. The molecule has 6 heteroatoms. The average Bonchev–Trinajstić information content (AvgIpc) is 2.80. The molecule has 0 fully saturated rings. The van der Waals surface area contributed by atoms with E-state index in [1.807, 2.05) is 20.2 Å². The zero-order valence-corrected chi connectivity index (χ0v) is 11.2. The standard InChI is InChI=1S/C10H11BrClN3O/c1-13-9(7-3-4-8(12)16-7)10-6(11)5-14-15(10)2/h3-5,9,13H,1-2H3. The first kappa shape index (κ1) is 11.7. The van der Waals surface area contributed by atoms with E-state index in [9.17, 15) is 0 Å². The maximum absolute atomic E-state index is 5.77. The predicted molar refractivity (Wildman–Crippen MR) is 65.5 cm³/mol. The summed E-state index contributed by atoms with van der Waals surface area (Å²) in [4.78, 5) is 0. The van der Waals surface area contributed by atoms with E-state index < -0.39 is 0 Å². The Bertz CT molecular complexity index is 474. The van der Waals surface area contributed by atoms with Gasteiger partial charge in [-0.05, 0) is 46.7 Å². The molecule has 2 rings (SSSR count). The van der Waals surface area contributed by atoms with Crippen molar-refractivity contribution in [3.05, 3.63) is 39.5 Å². The molecule has 86 valence electrons. The van der Waals surface area contributed by atoms with Crippen molar-refractivity contribution < 1.29 is 4.42 Å². The molecular weight excluding hydrogens is 293 g/mol. The van der Waals surface area contributed by atoms with E-state index in [1.165, 1.54) is 0 Å². The van der Waals surface area contributed by atoms with E-state index in [0.717, 1.165) is 15.9 Å². The summed E-state index contributed by atoms with van der Waals surface area (Å²) in [7, 11) is 3.75. The summed E-state index contributed by atoms with van der Waals surface area (Å²) >= 11 is 9.24. The van der Waals surface area contributed by atoms with Gasteiger partial charge < -0.3 is 9.73 Å². The molecule has 2 aromatic heterocycles. The molecule has 0 aliphatic rings. The van der Waals surface area contributed by atoms with Crippen LogP contribution in [0.1, 0.15) is 17.5 Å². The van der Waals surface area contributed by atoms with E-state index in [4.69, 9.17) is 16.0 Å². The van der Waals surface area contributed by atoms with E-state index in [1.54, 1.807) is 16.9 Å². The van der Waals surface area contributed by atoms with Crippen LogP contribution in [-0.4, -0.2) is 16.8 Å². The Balaban J connectivity index is 2.44. The number of hydrogen-bond acceptors (Lipinski definition) is 3. The minimum Gasteiger partial charge on any atom is -0.448 e. The molecular formula is C10H11BrClN3O. The smallest absolute Gasteiger partial charge is 0.193 e. The molecule has 1 unspecified atom stereocenters. The van der Waals surface area contributed by atoms with Crippen LogP contribution in [0.4, 0.5) is 0 Å². The lowest BCUT2D eigenvalue weighted by Gasteiger charge is -2.14. The van der Waals surface area contributed by atoms with Gasteiger partial charge in [0.15, 0.2) is 5.22 Å². The zero-order chi connectivity index (χ0) is 11.7. The number of nitrogens with zero attached hydrogens (tertiary/aromatic N) is 2. The van der Waals surface area contributed by atoms with Crippen LogP contribution < -0.4 is 5.32 Å². The molecule has 0 spiro atoms. The normalized spacial score (nSPS) is 13.0. The lowest BCUT2D eigenvalue weighted by atomic mass is 10.1. The SMILES string of the molecule is CNC(c1ccc(Cl)o1)c1c(Br)cnn1C. The maximum atomic E-state index is 5.77. The molecule has 2 aromatic rings. The van der Waals surface area contributed by atoms with Gasteiger partial charge in [-0.25, -0.2) is 0 Å². The van der Waals surface area contributed by atoms with Gasteiger partial charge in [0.25, 0.3) is 0 Å². The summed E-state index contributed by atoms with van der Waals surface area (Å²) in [5.41, 5.74) is 0.994. The first-order valence-electron chi connectivity index (χ1n) is 4.73. The van der Waals surface area contributed by atoms with Crippen molar-refractivity contribution in [2.75, 3.05) is 7.05 Å². The van der Waals surface area contributed by atoms with Crippen LogP contribution in [0.2, 0.25) is 5.22 Å². The summed E-state index contributed by atoms with van der Waals surface area (Å²) in [6.45, 7) is 0. The number of furan rings is 1. The van der Waals surface area contributed by atoms with Gasteiger partial charge in [-0.2, -0.15) is 5.10 Å². The van der Waals surface area contributed by atoms with Crippen LogP contribution in [0.5, 0.6) is 0 Å². The van der Waals surface area contributed by atoms with Crippen molar-refractivity contribution in [3.8, 4) is 0 Å². The van der Waals surface area contributed by atoms with Gasteiger partial charge in [-0.3, -0.25) is 4.68 Å². The summed E-state index contributed by atoms with van der Waals surface area (Å²) in [6, 6.07) is 3.50. The van der Waals surface area contributed by atoms with Crippen LogP contribution in [0.3, 0.4) is 0 Å². The Hall–Kier alpha value is -0.780. The van der Waals surface area contributed by atoms with Crippen LogP contribution in [0.25, 0.3) is 0 Å². The highest BCUT2D eigenvalue weighted by molar-refractivity contribution is 9.10. The van der Waals surface area contributed by atoms with Crippen LogP contribution in [0, 0.1) is 0 Å². The molecule has 16 heavy (non-hydrogen) atoms. The molecule has 1 N–H and O–H groups in total. The second kappa shape index (κ2) is 4.61. The van der Waals surface area contributed by atoms with Crippen molar-refractivity contribution in [3.63, 3.8) is 0 Å². The summed E-state index contributed by atoms with van der Waals surface area (Å²) < 4.78 is 8.14. The fourth-order valence-electron chi connectivity index (χ4n) is 1.64. The molecule has 2 heterocycles. The second-order valence-electron chi connectivity index (χ2n) is 3.36. The fraction of sp³-hybridized carbons (Fsp3) is 0.300. The molecule has 0 saturated heterocycles.